The number of ether oxygens (including phenoxy) is 2. The largest absolute Gasteiger partial charge is 0.465 e. The van der Waals surface area contributed by atoms with Gasteiger partial charge in [0.25, 0.3) is 0 Å². The van der Waals surface area contributed by atoms with Gasteiger partial charge in [-0.25, -0.2) is 4.79 Å². The number of carbonyl (C=O) groups is 2. The van der Waals surface area contributed by atoms with Crippen LogP contribution in [-0.4, -0.2) is 25.5 Å². The Hall–Kier alpha value is -2.24. The second-order valence-corrected chi connectivity index (χ2v) is 3.52. The zero-order valence-corrected chi connectivity index (χ0v) is 10.4. The summed E-state index contributed by atoms with van der Waals surface area (Å²) in [4.78, 5) is 22.7. The first-order valence-corrected chi connectivity index (χ1v) is 5.30. The van der Waals surface area contributed by atoms with E-state index in [2.05, 4.69) is 9.47 Å². The van der Waals surface area contributed by atoms with Gasteiger partial charge >= 0.3 is 12.6 Å². The van der Waals surface area contributed by atoms with Gasteiger partial charge in [-0.15, -0.1) is 0 Å². The summed E-state index contributed by atoms with van der Waals surface area (Å²) < 4.78 is 33.2. The summed E-state index contributed by atoms with van der Waals surface area (Å²) in [5.74, 6) is -1.49. The highest BCUT2D eigenvalue weighted by atomic mass is 19.3. The van der Waals surface area contributed by atoms with Crippen LogP contribution in [0.15, 0.2) is 29.8 Å². The molecule has 0 heterocycles. The van der Waals surface area contributed by atoms with Crippen molar-refractivity contribution in [3.05, 3.63) is 35.4 Å². The van der Waals surface area contributed by atoms with E-state index in [1.54, 1.807) is 6.07 Å². The van der Waals surface area contributed by atoms with Gasteiger partial charge in [-0.2, -0.15) is 8.78 Å². The van der Waals surface area contributed by atoms with Crippen molar-refractivity contribution in [2.24, 2.45) is 0 Å². The molecule has 0 N–H and O–H groups in total. The Labute approximate surface area is 108 Å². The molecule has 0 aromatic heterocycles. The number of methoxy groups -OCH3 is 1. The average Bonchev–Trinajstić information content (AvgIpc) is 2.35. The maximum Gasteiger partial charge on any atom is 0.387 e. The number of hydrogen-bond donors (Lipinski definition) is 0. The fraction of sp³-hybridized carbons (Fsp3) is 0.231. The lowest BCUT2D eigenvalue weighted by Crippen LogP contribution is -2.11. The SMILES string of the molecule is COC(=O)C(=Cc1ccccc1OC(F)F)C(C)=O. The van der Waals surface area contributed by atoms with Crippen LogP contribution in [0.2, 0.25) is 0 Å². The molecule has 0 saturated heterocycles. The van der Waals surface area contributed by atoms with Crippen LogP contribution in [0.1, 0.15) is 12.5 Å². The van der Waals surface area contributed by atoms with Gasteiger partial charge in [-0.3, -0.25) is 4.79 Å². The topological polar surface area (TPSA) is 52.6 Å². The second-order valence-electron chi connectivity index (χ2n) is 3.52. The summed E-state index contributed by atoms with van der Waals surface area (Å²) in [7, 11) is 1.13. The molecule has 19 heavy (non-hydrogen) atoms. The predicted molar refractivity (Wildman–Crippen MR) is 63.7 cm³/mol. The summed E-state index contributed by atoms with van der Waals surface area (Å²) in [6.07, 6.45) is 1.16. The number of halogens is 2. The molecule has 0 fully saturated rings. The first-order chi connectivity index (χ1) is 8.95. The van der Waals surface area contributed by atoms with Crippen LogP contribution in [0.25, 0.3) is 6.08 Å². The lowest BCUT2D eigenvalue weighted by atomic mass is 10.1. The summed E-state index contributed by atoms with van der Waals surface area (Å²) in [6, 6.07) is 5.83. The minimum Gasteiger partial charge on any atom is -0.465 e. The molecule has 0 saturated carbocycles. The van der Waals surface area contributed by atoms with E-state index in [0.717, 1.165) is 13.2 Å². The number of hydrogen-bond acceptors (Lipinski definition) is 4. The van der Waals surface area contributed by atoms with E-state index in [4.69, 9.17) is 0 Å². The minimum absolute atomic E-state index is 0.125. The van der Waals surface area contributed by atoms with Crippen LogP contribution in [0.3, 0.4) is 0 Å². The number of Topliss-reactive ketones (excluding diaryl/α,β-unsaturated/α-hetero) is 1. The number of alkyl halides is 2. The summed E-state index contributed by atoms with van der Waals surface area (Å²) in [5.41, 5.74) is -0.0498. The summed E-state index contributed by atoms with van der Waals surface area (Å²) in [6.45, 7) is -1.81. The number of ketones is 1. The van der Waals surface area contributed by atoms with Gasteiger partial charge in [0.15, 0.2) is 5.78 Å². The van der Waals surface area contributed by atoms with Gasteiger partial charge in [0.1, 0.15) is 11.3 Å². The highest BCUT2D eigenvalue weighted by Gasteiger charge is 2.16. The number of rotatable bonds is 5. The zero-order chi connectivity index (χ0) is 14.4. The van der Waals surface area contributed by atoms with Gasteiger partial charge in [0.05, 0.1) is 7.11 Å². The lowest BCUT2D eigenvalue weighted by molar-refractivity contribution is -0.137. The molecular weight excluding hydrogens is 258 g/mol. The predicted octanol–water partition coefficient (Wildman–Crippen LogP) is 2.43. The number of para-hydroxylation sites is 1. The van der Waals surface area contributed by atoms with Crippen LogP contribution in [0.4, 0.5) is 8.78 Å². The first-order valence-electron chi connectivity index (χ1n) is 5.30. The quantitative estimate of drug-likeness (QED) is 0.357. The molecule has 1 rings (SSSR count). The molecule has 0 aliphatic carbocycles. The highest BCUT2D eigenvalue weighted by Crippen LogP contribution is 2.23. The summed E-state index contributed by atoms with van der Waals surface area (Å²) in [5, 5.41) is 0. The molecule has 6 heteroatoms. The normalized spacial score (nSPS) is 11.3. The fourth-order valence-corrected chi connectivity index (χ4v) is 1.37. The Bertz CT molecular complexity index is 509. The highest BCUT2D eigenvalue weighted by molar-refractivity contribution is 6.19. The molecule has 0 aliphatic heterocycles. The Morgan fingerprint density at radius 1 is 1.26 bits per heavy atom. The standard InChI is InChI=1S/C13H12F2O4/c1-8(16)10(12(17)18-2)7-9-5-3-4-6-11(9)19-13(14)15/h3-7,13H,1-2H3. The van der Waals surface area contributed by atoms with Crippen molar-refractivity contribution in [2.75, 3.05) is 7.11 Å². The minimum atomic E-state index is -2.99. The van der Waals surface area contributed by atoms with Crippen LogP contribution in [0, 0.1) is 0 Å². The maximum absolute atomic E-state index is 12.2. The van der Waals surface area contributed by atoms with Crippen molar-refractivity contribution >= 4 is 17.8 Å². The van der Waals surface area contributed by atoms with Crippen molar-refractivity contribution in [1.29, 1.82) is 0 Å². The Balaban J connectivity index is 3.21. The van der Waals surface area contributed by atoms with Gasteiger partial charge in [0.2, 0.25) is 0 Å². The Morgan fingerprint density at radius 2 is 1.89 bits per heavy atom. The molecule has 1 aromatic carbocycles. The molecule has 0 radical (unpaired) electrons. The van der Waals surface area contributed by atoms with Crippen molar-refractivity contribution < 1.29 is 27.8 Å². The third-order valence-corrected chi connectivity index (χ3v) is 2.22. The molecule has 0 spiro atoms. The molecule has 4 nitrogen and oxygen atoms in total. The van der Waals surface area contributed by atoms with E-state index >= 15 is 0 Å². The maximum atomic E-state index is 12.2. The average molecular weight is 270 g/mol. The smallest absolute Gasteiger partial charge is 0.387 e. The fourth-order valence-electron chi connectivity index (χ4n) is 1.37. The molecule has 1 aromatic rings. The van der Waals surface area contributed by atoms with Crippen molar-refractivity contribution in [3.8, 4) is 5.75 Å². The molecule has 0 amide bonds. The van der Waals surface area contributed by atoms with E-state index in [-0.39, 0.29) is 16.9 Å². The number of esters is 1. The monoisotopic (exact) mass is 270 g/mol. The van der Waals surface area contributed by atoms with Gasteiger partial charge in [-0.1, -0.05) is 18.2 Å². The molecular formula is C13H12F2O4. The molecule has 0 aliphatic rings. The number of benzene rings is 1. The van der Waals surface area contributed by atoms with E-state index in [1.165, 1.54) is 25.1 Å². The van der Waals surface area contributed by atoms with Gasteiger partial charge < -0.3 is 9.47 Å². The molecule has 102 valence electrons. The summed E-state index contributed by atoms with van der Waals surface area (Å²) >= 11 is 0. The second kappa shape index (κ2) is 6.63. The van der Waals surface area contributed by atoms with Crippen LogP contribution in [0.5, 0.6) is 5.75 Å². The number of carbonyl (C=O) groups excluding carboxylic acids is 2. The third kappa shape index (κ3) is 4.17. The van der Waals surface area contributed by atoms with E-state index < -0.39 is 18.4 Å². The van der Waals surface area contributed by atoms with Gasteiger partial charge in [-0.05, 0) is 19.1 Å². The van der Waals surface area contributed by atoms with Crippen LogP contribution < -0.4 is 4.74 Å². The van der Waals surface area contributed by atoms with E-state index in [9.17, 15) is 18.4 Å². The van der Waals surface area contributed by atoms with Crippen molar-refractivity contribution in [2.45, 2.75) is 13.5 Å². The van der Waals surface area contributed by atoms with E-state index in [0.29, 0.717) is 0 Å². The molecule has 0 unspecified atom stereocenters. The third-order valence-electron chi connectivity index (χ3n) is 2.22. The zero-order valence-electron chi connectivity index (χ0n) is 10.4. The van der Waals surface area contributed by atoms with Crippen LogP contribution >= 0.6 is 0 Å². The van der Waals surface area contributed by atoms with Crippen LogP contribution in [-0.2, 0) is 14.3 Å². The molecule has 0 bridgehead atoms. The van der Waals surface area contributed by atoms with Crippen molar-refractivity contribution in [1.82, 2.24) is 0 Å². The van der Waals surface area contributed by atoms with E-state index in [1.807, 2.05) is 0 Å². The first kappa shape index (κ1) is 14.8. The van der Waals surface area contributed by atoms with Crippen molar-refractivity contribution in [3.63, 3.8) is 0 Å². The van der Waals surface area contributed by atoms with Gasteiger partial charge in [0, 0.05) is 5.56 Å². The Kier molecular flexibility index (Phi) is 5.17. The lowest BCUT2D eigenvalue weighted by Gasteiger charge is -2.08. The molecule has 0 atom stereocenters. The Morgan fingerprint density at radius 3 is 2.42 bits per heavy atom.